The van der Waals surface area contributed by atoms with Gasteiger partial charge in [0, 0.05) is 19.6 Å². The minimum Gasteiger partial charge on any atom is -0.454 e. The number of ether oxygens (including phenoxy) is 2. The minimum absolute atomic E-state index is 0.114. The number of nitrogens with one attached hydrogen (secondary N) is 1. The smallest absolute Gasteiger partial charge is 0.279 e. The van der Waals surface area contributed by atoms with E-state index < -0.39 is 10.2 Å². The molecule has 1 fully saturated rings. The molecular formula is C15H22N2O4S. The van der Waals surface area contributed by atoms with Crippen LogP contribution in [0.3, 0.4) is 0 Å². The van der Waals surface area contributed by atoms with Crippen molar-refractivity contribution < 1.29 is 17.9 Å². The quantitative estimate of drug-likeness (QED) is 0.899. The number of nitrogens with zero attached hydrogens (tertiary/aromatic N) is 1. The van der Waals surface area contributed by atoms with Crippen molar-refractivity contribution in [2.75, 3.05) is 13.8 Å². The van der Waals surface area contributed by atoms with Crippen LogP contribution in [0.4, 0.5) is 0 Å². The summed E-state index contributed by atoms with van der Waals surface area (Å²) in [4.78, 5) is 0. The first-order valence-corrected chi connectivity index (χ1v) is 9.11. The zero-order valence-corrected chi connectivity index (χ0v) is 13.6. The van der Waals surface area contributed by atoms with E-state index >= 15 is 0 Å². The van der Waals surface area contributed by atoms with Crippen LogP contribution in [0, 0.1) is 0 Å². The van der Waals surface area contributed by atoms with Crippen molar-refractivity contribution in [2.45, 2.75) is 44.7 Å². The van der Waals surface area contributed by atoms with Gasteiger partial charge in [0.25, 0.3) is 10.2 Å². The monoisotopic (exact) mass is 326 g/mol. The Bertz CT molecular complexity index is 626. The predicted molar refractivity (Wildman–Crippen MR) is 83.0 cm³/mol. The molecule has 0 amide bonds. The molecule has 7 heteroatoms. The summed E-state index contributed by atoms with van der Waals surface area (Å²) >= 11 is 0. The lowest BCUT2D eigenvalue weighted by Gasteiger charge is -2.30. The topological polar surface area (TPSA) is 67.9 Å². The lowest BCUT2D eigenvalue weighted by atomic mass is 9.96. The average molecular weight is 326 g/mol. The molecule has 0 atom stereocenters. The SMILES string of the molecule is CN(C1CCCCC1)S(=O)(=O)NCc1ccc2c(c1)OCO2. The van der Waals surface area contributed by atoms with Gasteiger partial charge in [-0.05, 0) is 30.5 Å². The standard InChI is InChI=1S/C15H22N2O4S/c1-17(13-5-3-2-4-6-13)22(18,19)16-10-12-7-8-14-15(9-12)21-11-20-14/h7-9,13,16H,2-6,10-11H2,1H3. The molecule has 6 nitrogen and oxygen atoms in total. The molecule has 1 aliphatic heterocycles. The first kappa shape index (κ1) is 15.6. The van der Waals surface area contributed by atoms with E-state index in [4.69, 9.17) is 9.47 Å². The van der Waals surface area contributed by atoms with Crippen LogP contribution in [-0.4, -0.2) is 32.6 Å². The van der Waals surface area contributed by atoms with Gasteiger partial charge in [-0.15, -0.1) is 0 Å². The van der Waals surface area contributed by atoms with Crippen LogP contribution in [0.25, 0.3) is 0 Å². The Morgan fingerprint density at radius 1 is 1.18 bits per heavy atom. The van der Waals surface area contributed by atoms with Gasteiger partial charge in [0.2, 0.25) is 6.79 Å². The van der Waals surface area contributed by atoms with Gasteiger partial charge >= 0.3 is 0 Å². The van der Waals surface area contributed by atoms with E-state index in [9.17, 15) is 8.42 Å². The van der Waals surface area contributed by atoms with Crippen molar-refractivity contribution in [3.05, 3.63) is 23.8 Å². The molecule has 2 aliphatic rings. The molecule has 3 rings (SSSR count). The van der Waals surface area contributed by atoms with Crippen molar-refractivity contribution in [1.29, 1.82) is 0 Å². The summed E-state index contributed by atoms with van der Waals surface area (Å²) in [6, 6.07) is 5.57. The maximum Gasteiger partial charge on any atom is 0.279 e. The Balaban J connectivity index is 1.61. The Labute approximate surface area is 131 Å². The van der Waals surface area contributed by atoms with E-state index in [0.717, 1.165) is 31.2 Å². The highest BCUT2D eigenvalue weighted by molar-refractivity contribution is 7.87. The highest BCUT2D eigenvalue weighted by Gasteiger charge is 2.27. The summed E-state index contributed by atoms with van der Waals surface area (Å²) in [6.07, 6.45) is 5.30. The summed E-state index contributed by atoms with van der Waals surface area (Å²) in [5, 5.41) is 0. The predicted octanol–water partition coefficient (Wildman–Crippen LogP) is 2.01. The van der Waals surface area contributed by atoms with Crippen molar-refractivity contribution in [3.8, 4) is 11.5 Å². The molecule has 0 unspecified atom stereocenters. The molecule has 1 aromatic carbocycles. The Hall–Kier alpha value is -1.31. The molecule has 0 spiro atoms. The normalized spacial score (nSPS) is 18.8. The molecule has 22 heavy (non-hydrogen) atoms. The number of rotatable bonds is 5. The summed E-state index contributed by atoms with van der Waals surface area (Å²) in [5.41, 5.74) is 0.852. The number of benzene rings is 1. The Kier molecular flexibility index (Phi) is 4.56. The lowest BCUT2D eigenvalue weighted by molar-refractivity contribution is 0.174. The van der Waals surface area contributed by atoms with Gasteiger partial charge in [-0.2, -0.15) is 17.4 Å². The van der Waals surface area contributed by atoms with Gasteiger partial charge in [-0.3, -0.25) is 0 Å². The summed E-state index contributed by atoms with van der Waals surface area (Å²) in [7, 11) is -1.80. The van der Waals surface area contributed by atoms with Crippen LogP contribution in [0.5, 0.6) is 11.5 Å². The Morgan fingerprint density at radius 3 is 2.68 bits per heavy atom. The van der Waals surface area contributed by atoms with Crippen molar-refractivity contribution in [1.82, 2.24) is 9.03 Å². The summed E-state index contributed by atoms with van der Waals surface area (Å²) < 4.78 is 39.5. The van der Waals surface area contributed by atoms with E-state index in [-0.39, 0.29) is 19.4 Å². The maximum atomic E-state index is 12.4. The second-order valence-electron chi connectivity index (χ2n) is 5.82. The second-order valence-corrected chi connectivity index (χ2v) is 7.64. The van der Waals surface area contributed by atoms with Gasteiger partial charge in [0.1, 0.15) is 0 Å². The highest BCUT2D eigenvalue weighted by Crippen LogP contribution is 2.32. The van der Waals surface area contributed by atoms with Gasteiger partial charge in [0.15, 0.2) is 11.5 Å². The maximum absolute atomic E-state index is 12.4. The third-order valence-electron chi connectivity index (χ3n) is 4.36. The minimum atomic E-state index is -3.46. The largest absolute Gasteiger partial charge is 0.454 e. The van der Waals surface area contributed by atoms with Crippen molar-refractivity contribution in [3.63, 3.8) is 0 Å². The molecule has 1 aromatic rings. The van der Waals surface area contributed by atoms with E-state index in [0.29, 0.717) is 11.5 Å². The molecule has 0 bridgehead atoms. The number of hydrogen-bond acceptors (Lipinski definition) is 4. The molecule has 1 heterocycles. The van der Waals surface area contributed by atoms with E-state index in [1.54, 1.807) is 13.1 Å². The van der Waals surface area contributed by atoms with Gasteiger partial charge in [-0.25, -0.2) is 0 Å². The van der Waals surface area contributed by atoms with Gasteiger partial charge in [0.05, 0.1) is 0 Å². The number of hydrogen-bond donors (Lipinski definition) is 1. The van der Waals surface area contributed by atoms with Crippen LogP contribution >= 0.6 is 0 Å². The molecule has 0 saturated heterocycles. The molecule has 1 aliphatic carbocycles. The molecular weight excluding hydrogens is 304 g/mol. The molecule has 1 saturated carbocycles. The van der Waals surface area contributed by atoms with Crippen molar-refractivity contribution in [2.24, 2.45) is 0 Å². The third-order valence-corrected chi connectivity index (χ3v) is 5.93. The number of fused-ring (bicyclic) bond motifs is 1. The zero-order valence-electron chi connectivity index (χ0n) is 12.7. The molecule has 0 radical (unpaired) electrons. The fourth-order valence-corrected chi connectivity index (χ4v) is 4.12. The van der Waals surface area contributed by atoms with Gasteiger partial charge < -0.3 is 9.47 Å². The lowest BCUT2D eigenvalue weighted by Crippen LogP contribution is -2.44. The van der Waals surface area contributed by atoms with E-state index in [1.165, 1.54) is 10.7 Å². The molecule has 122 valence electrons. The Morgan fingerprint density at radius 2 is 1.91 bits per heavy atom. The third kappa shape index (κ3) is 3.37. The fraction of sp³-hybridized carbons (Fsp3) is 0.600. The van der Waals surface area contributed by atoms with E-state index in [2.05, 4.69) is 4.72 Å². The van der Waals surface area contributed by atoms with Crippen LogP contribution in [0.2, 0.25) is 0 Å². The van der Waals surface area contributed by atoms with Crippen LogP contribution in [0.1, 0.15) is 37.7 Å². The van der Waals surface area contributed by atoms with Crippen LogP contribution in [-0.2, 0) is 16.8 Å². The first-order chi connectivity index (χ1) is 10.6. The van der Waals surface area contributed by atoms with E-state index in [1.807, 2.05) is 12.1 Å². The molecule has 1 N–H and O–H groups in total. The first-order valence-electron chi connectivity index (χ1n) is 7.67. The van der Waals surface area contributed by atoms with Crippen LogP contribution in [0.15, 0.2) is 18.2 Å². The average Bonchev–Trinajstić information content (AvgIpc) is 3.01. The van der Waals surface area contributed by atoms with Gasteiger partial charge in [-0.1, -0.05) is 25.3 Å². The highest BCUT2D eigenvalue weighted by atomic mass is 32.2. The molecule has 0 aromatic heterocycles. The van der Waals surface area contributed by atoms with Crippen molar-refractivity contribution >= 4 is 10.2 Å². The second kappa shape index (κ2) is 6.44. The van der Waals surface area contributed by atoms with Crippen LogP contribution < -0.4 is 14.2 Å². The summed E-state index contributed by atoms with van der Waals surface area (Å²) in [6.45, 7) is 0.463. The summed E-state index contributed by atoms with van der Waals surface area (Å²) in [5.74, 6) is 1.36. The zero-order chi connectivity index (χ0) is 15.6. The fourth-order valence-electron chi connectivity index (χ4n) is 2.97.